The minimum atomic E-state index is -0.0517. The third-order valence-corrected chi connectivity index (χ3v) is 3.67. The Morgan fingerprint density at radius 3 is 2.88 bits per heavy atom. The average Bonchev–Trinajstić information content (AvgIpc) is 2.82. The molecule has 2 heterocycles. The molecule has 0 spiro atoms. The Morgan fingerprint density at radius 2 is 2.25 bits per heavy atom. The lowest BCUT2D eigenvalue weighted by molar-refractivity contribution is -0.121. The van der Waals surface area contributed by atoms with Crippen molar-refractivity contribution in [2.24, 2.45) is 0 Å². The van der Waals surface area contributed by atoms with Gasteiger partial charge in [0, 0.05) is 11.6 Å². The normalized spacial score (nSPS) is 19.3. The van der Waals surface area contributed by atoms with Gasteiger partial charge in [-0.15, -0.1) is 11.3 Å². The average molecular weight is 239 g/mol. The van der Waals surface area contributed by atoms with Crippen molar-refractivity contribution in [1.29, 1.82) is 0 Å². The molecule has 0 bridgehead atoms. The number of rotatable bonds is 3. The van der Waals surface area contributed by atoms with Crippen LogP contribution in [0.3, 0.4) is 0 Å². The van der Waals surface area contributed by atoms with Crippen molar-refractivity contribution >= 4 is 22.4 Å². The molecule has 0 radical (unpaired) electrons. The summed E-state index contributed by atoms with van der Waals surface area (Å²) in [6.07, 6.45) is 5.40. The van der Waals surface area contributed by atoms with Gasteiger partial charge in [-0.25, -0.2) is 4.98 Å². The largest absolute Gasteiger partial charge is 0.301 e. The number of nitrogens with one attached hydrogen (secondary N) is 1. The van der Waals surface area contributed by atoms with E-state index in [1.54, 1.807) is 6.20 Å². The van der Waals surface area contributed by atoms with E-state index in [1.165, 1.54) is 30.6 Å². The molecule has 0 saturated carbocycles. The van der Waals surface area contributed by atoms with Gasteiger partial charge in [-0.05, 0) is 32.9 Å². The SMILES string of the molecule is C[C@H](C(=O)Nc1nccs1)N1CCCCC1. The Hall–Kier alpha value is -0.940. The van der Waals surface area contributed by atoms with Crippen LogP contribution in [-0.4, -0.2) is 34.9 Å². The molecular weight excluding hydrogens is 222 g/mol. The molecule has 0 aromatic carbocycles. The van der Waals surface area contributed by atoms with Crippen molar-refractivity contribution in [1.82, 2.24) is 9.88 Å². The first-order valence-electron chi connectivity index (χ1n) is 5.72. The zero-order chi connectivity index (χ0) is 11.4. The molecule has 1 aliphatic heterocycles. The van der Waals surface area contributed by atoms with E-state index in [4.69, 9.17) is 0 Å². The van der Waals surface area contributed by atoms with Crippen LogP contribution in [0.1, 0.15) is 26.2 Å². The number of nitrogens with zero attached hydrogens (tertiary/aromatic N) is 2. The summed E-state index contributed by atoms with van der Waals surface area (Å²) in [6, 6.07) is -0.0517. The van der Waals surface area contributed by atoms with E-state index in [1.807, 2.05) is 12.3 Å². The van der Waals surface area contributed by atoms with Gasteiger partial charge in [-0.1, -0.05) is 6.42 Å². The maximum atomic E-state index is 11.9. The highest BCUT2D eigenvalue weighted by Gasteiger charge is 2.23. The predicted molar refractivity (Wildman–Crippen MR) is 65.6 cm³/mol. The molecular formula is C11H17N3OS. The zero-order valence-corrected chi connectivity index (χ0v) is 10.3. The third-order valence-electron chi connectivity index (χ3n) is 2.98. The molecule has 1 atom stereocenters. The number of hydrogen-bond donors (Lipinski definition) is 1. The summed E-state index contributed by atoms with van der Waals surface area (Å²) in [6.45, 7) is 4.03. The van der Waals surface area contributed by atoms with Crippen LogP contribution in [0, 0.1) is 0 Å². The molecule has 16 heavy (non-hydrogen) atoms. The standard InChI is InChI=1S/C11H17N3OS/c1-9(14-6-3-2-4-7-14)10(15)13-11-12-5-8-16-11/h5,8-9H,2-4,6-7H2,1H3,(H,12,13,15)/t9-/m1/s1. The highest BCUT2D eigenvalue weighted by Crippen LogP contribution is 2.15. The number of carbonyl (C=O) groups is 1. The summed E-state index contributed by atoms with van der Waals surface area (Å²) >= 11 is 1.45. The summed E-state index contributed by atoms with van der Waals surface area (Å²) in [5, 5.41) is 5.40. The van der Waals surface area contributed by atoms with Gasteiger partial charge < -0.3 is 5.32 Å². The van der Waals surface area contributed by atoms with Crippen LogP contribution in [0.25, 0.3) is 0 Å². The van der Waals surface area contributed by atoms with E-state index in [0.717, 1.165) is 13.1 Å². The lowest BCUT2D eigenvalue weighted by atomic mass is 10.1. The molecule has 2 rings (SSSR count). The first-order chi connectivity index (χ1) is 7.77. The maximum Gasteiger partial charge on any atom is 0.243 e. The number of aromatic nitrogens is 1. The molecule has 5 heteroatoms. The molecule has 1 N–H and O–H groups in total. The van der Waals surface area contributed by atoms with E-state index in [9.17, 15) is 4.79 Å². The van der Waals surface area contributed by atoms with Crippen LogP contribution < -0.4 is 5.32 Å². The molecule has 1 aliphatic rings. The monoisotopic (exact) mass is 239 g/mol. The predicted octanol–water partition coefficient (Wildman–Crippen LogP) is 1.96. The lowest BCUT2D eigenvalue weighted by Gasteiger charge is -2.31. The number of piperidine rings is 1. The fourth-order valence-corrected chi connectivity index (χ4v) is 2.50. The van der Waals surface area contributed by atoms with E-state index >= 15 is 0 Å². The smallest absolute Gasteiger partial charge is 0.243 e. The number of hydrogen-bond acceptors (Lipinski definition) is 4. The zero-order valence-electron chi connectivity index (χ0n) is 9.48. The van der Waals surface area contributed by atoms with Crippen molar-refractivity contribution < 1.29 is 4.79 Å². The summed E-state index contributed by atoms with van der Waals surface area (Å²) < 4.78 is 0. The Balaban J connectivity index is 1.88. The Labute approximate surface area is 99.7 Å². The van der Waals surface area contributed by atoms with Crippen molar-refractivity contribution in [2.75, 3.05) is 18.4 Å². The van der Waals surface area contributed by atoms with E-state index < -0.39 is 0 Å². The van der Waals surface area contributed by atoms with Gasteiger partial charge in [-0.2, -0.15) is 0 Å². The number of thiazole rings is 1. The fraction of sp³-hybridized carbons (Fsp3) is 0.636. The molecule has 1 amide bonds. The van der Waals surface area contributed by atoms with Crippen LogP contribution in [0.4, 0.5) is 5.13 Å². The first-order valence-corrected chi connectivity index (χ1v) is 6.60. The van der Waals surface area contributed by atoms with E-state index in [2.05, 4.69) is 15.2 Å². The minimum Gasteiger partial charge on any atom is -0.301 e. The summed E-state index contributed by atoms with van der Waals surface area (Å²) in [5.74, 6) is 0.0526. The van der Waals surface area contributed by atoms with Gasteiger partial charge in [0.25, 0.3) is 0 Å². The fourth-order valence-electron chi connectivity index (χ4n) is 1.97. The molecule has 1 aromatic heterocycles. The van der Waals surface area contributed by atoms with Crippen molar-refractivity contribution in [2.45, 2.75) is 32.2 Å². The van der Waals surface area contributed by atoms with Crippen molar-refractivity contribution in [3.8, 4) is 0 Å². The first kappa shape index (κ1) is 11.5. The van der Waals surface area contributed by atoms with Gasteiger partial charge >= 0.3 is 0 Å². The van der Waals surface area contributed by atoms with Crippen molar-refractivity contribution in [3.05, 3.63) is 11.6 Å². The molecule has 1 saturated heterocycles. The third kappa shape index (κ3) is 2.80. The van der Waals surface area contributed by atoms with Crippen LogP contribution >= 0.6 is 11.3 Å². The van der Waals surface area contributed by atoms with Gasteiger partial charge in [0.2, 0.25) is 5.91 Å². The summed E-state index contributed by atoms with van der Waals surface area (Å²) in [4.78, 5) is 18.2. The Kier molecular flexibility index (Phi) is 3.90. The lowest BCUT2D eigenvalue weighted by Crippen LogP contribution is -2.44. The van der Waals surface area contributed by atoms with E-state index in [-0.39, 0.29) is 11.9 Å². The number of carbonyl (C=O) groups excluding carboxylic acids is 1. The van der Waals surface area contributed by atoms with Gasteiger partial charge in [0.15, 0.2) is 5.13 Å². The second kappa shape index (κ2) is 5.41. The van der Waals surface area contributed by atoms with Crippen molar-refractivity contribution in [3.63, 3.8) is 0 Å². The Morgan fingerprint density at radius 1 is 1.50 bits per heavy atom. The van der Waals surface area contributed by atoms with Crippen LogP contribution in [0.15, 0.2) is 11.6 Å². The number of amides is 1. The van der Waals surface area contributed by atoms with Crippen LogP contribution in [0.2, 0.25) is 0 Å². The van der Waals surface area contributed by atoms with E-state index in [0.29, 0.717) is 5.13 Å². The van der Waals surface area contributed by atoms with Gasteiger partial charge in [-0.3, -0.25) is 9.69 Å². The topological polar surface area (TPSA) is 45.2 Å². The van der Waals surface area contributed by atoms with Crippen LogP contribution in [-0.2, 0) is 4.79 Å². The molecule has 0 unspecified atom stereocenters. The Bertz CT molecular complexity index is 333. The molecule has 1 fully saturated rings. The quantitative estimate of drug-likeness (QED) is 0.877. The van der Waals surface area contributed by atoms with Gasteiger partial charge in [0.1, 0.15) is 0 Å². The number of likely N-dealkylation sites (tertiary alicyclic amines) is 1. The van der Waals surface area contributed by atoms with Gasteiger partial charge in [0.05, 0.1) is 6.04 Å². The highest BCUT2D eigenvalue weighted by molar-refractivity contribution is 7.13. The molecule has 88 valence electrons. The molecule has 4 nitrogen and oxygen atoms in total. The highest BCUT2D eigenvalue weighted by atomic mass is 32.1. The minimum absolute atomic E-state index is 0.0517. The molecule has 1 aromatic rings. The summed E-state index contributed by atoms with van der Waals surface area (Å²) in [5.41, 5.74) is 0. The second-order valence-corrected chi connectivity index (χ2v) is 4.99. The maximum absolute atomic E-state index is 11.9. The van der Waals surface area contributed by atoms with Crippen LogP contribution in [0.5, 0.6) is 0 Å². The number of anilines is 1. The summed E-state index contributed by atoms with van der Waals surface area (Å²) in [7, 11) is 0. The molecule has 0 aliphatic carbocycles. The second-order valence-electron chi connectivity index (χ2n) is 4.10.